The van der Waals surface area contributed by atoms with Crippen LogP contribution in [0.3, 0.4) is 0 Å². The molecule has 0 aliphatic rings. The Bertz CT molecular complexity index is 564. The Balaban J connectivity index is 2.14. The maximum absolute atomic E-state index is 5.81. The van der Waals surface area contributed by atoms with Crippen LogP contribution in [0.25, 0.3) is 0 Å². The summed E-state index contributed by atoms with van der Waals surface area (Å²) in [5.41, 5.74) is 7.71. The lowest BCUT2D eigenvalue weighted by atomic mass is 9.99. The van der Waals surface area contributed by atoms with E-state index in [-0.39, 0.29) is 0 Å². The quantitative estimate of drug-likeness (QED) is 0.809. The molecule has 0 saturated heterocycles. The number of nitrogens with two attached hydrogens (primary N) is 1. The number of rotatable bonds is 5. The van der Waals surface area contributed by atoms with Gasteiger partial charge in [-0.05, 0) is 42.2 Å². The summed E-state index contributed by atoms with van der Waals surface area (Å²) >= 11 is 0. The Kier molecular flexibility index (Phi) is 4.51. The normalized spacial score (nSPS) is 11.9. The third kappa shape index (κ3) is 3.23. The lowest BCUT2D eigenvalue weighted by Gasteiger charge is -2.11. The average Bonchev–Trinajstić information content (AvgIpc) is 2.49. The van der Waals surface area contributed by atoms with E-state index in [9.17, 15) is 0 Å². The third-order valence-corrected chi connectivity index (χ3v) is 3.50. The second-order valence-electron chi connectivity index (χ2n) is 4.88. The molecule has 1 atom stereocenters. The van der Waals surface area contributed by atoms with Gasteiger partial charge in [-0.15, -0.1) is 0 Å². The predicted octanol–water partition coefficient (Wildman–Crippen LogP) is 4.58. The molecule has 20 heavy (non-hydrogen) atoms. The fraction of sp³-hybridized carbons (Fsp3) is 0.294. The van der Waals surface area contributed by atoms with Crippen LogP contribution < -0.4 is 15.2 Å². The van der Waals surface area contributed by atoms with E-state index in [0.29, 0.717) is 23.1 Å². The van der Waals surface area contributed by atoms with Gasteiger partial charge in [-0.2, -0.15) is 0 Å². The summed E-state index contributed by atoms with van der Waals surface area (Å²) < 4.78 is 11.0. The van der Waals surface area contributed by atoms with Crippen LogP contribution in [0, 0.1) is 0 Å². The van der Waals surface area contributed by atoms with Gasteiger partial charge in [-0.25, -0.2) is 0 Å². The molecule has 0 radical (unpaired) electrons. The number of nitrogen functional groups attached to an aromatic ring is 1. The fourth-order valence-corrected chi connectivity index (χ4v) is 1.99. The van der Waals surface area contributed by atoms with Crippen molar-refractivity contribution in [3.05, 3.63) is 48.0 Å². The number of hydrogen-bond acceptors (Lipinski definition) is 3. The van der Waals surface area contributed by atoms with Gasteiger partial charge in [0.15, 0.2) is 0 Å². The fourth-order valence-electron chi connectivity index (χ4n) is 1.99. The summed E-state index contributed by atoms with van der Waals surface area (Å²) in [6.07, 6.45) is 1.13. The Labute approximate surface area is 120 Å². The van der Waals surface area contributed by atoms with Crippen LogP contribution in [0.1, 0.15) is 31.7 Å². The van der Waals surface area contributed by atoms with Crippen molar-refractivity contribution >= 4 is 5.69 Å². The molecular weight excluding hydrogens is 250 g/mol. The van der Waals surface area contributed by atoms with Crippen molar-refractivity contribution in [1.82, 2.24) is 0 Å². The van der Waals surface area contributed by atoms with Crippen LogP contribution >= 0.6 is 0 Å². The first-order valence-corrected chi connectivity index (χ1v) is 6.85. The molecule has 0 aliphatic carbocycles. The van der Waals surface area contributed by atoms with Crippen molar-refractivity contribution in [2.75, 3.05) is 12.8 Å². The van der Waals surface area contributed by atoms with E-state index in [1.165, 1.54) is 5.56 Å². The second kappa shape index (κ2) is 6.33. The van der Waals surface area contributed by atoms with Crippen molar-refractivity contribution in [3.8, 4) is 17.2 Å². The van der Waals surface area contributed by atoms with E-state index in [4.69, 9.17) is 15.2 Å². The second-order valence-corrected chi connectivity index (χ2v) is 4.88. The molecule has 1 unspecified atom stereocenters. The molecule has 2 N–H and O–H groups in total. The highest BCUT2D eigenvalue weighted by Crippen LogP contribution is 2.30. The van der Waals surface area contributed by atoms with E-state index in [0.717, 1.165) is 12.2 Å². The molecule has 0 spiro atoms. The van der Waals surface area contributed by atoms with E-state index in [1.54, 1.807) is 19.2 Å². The zero-order valence-corrected chi connectivity index (χ0v) is 12.2. The first-order valence-electron chi connectivity index (χ1n) is 6.85. The molecule has 2 aromatic rings. The van der Waals surface area contributed by atoms with Crippen LogP contribution in [-0.4, -0.2) is 7.11 Å². The number of ether oxygens (including phenoxy) is 2. The summed E-state index contributed by atoms with van der Waals surface area (Å²) in [5.74, 6) is 2.72. The first kappa shape index (κ1) is 14.3. The summed E-state index contributed by atoms with van der Waals surface area (Å²) in [7, 11) is 1.59. The summed E-state index contributed by atoms with van der Waals surface area (Å²) in [6.45, 7) is 4.41. The van der Waals surface area contributed by atoms with Crippen LogP contribution in [0.2, 0.25) is 0 Å². The molecule has 0 bridgehead atoms. The molecule has 2 aromatic carbocycles. The molecule has 0 fully saturated rings. The van der Waals surface area contributed by atoms with Crippen molar-refractivity contribution in [1.29, 1.82) is 0 Å². The van der Waals surface area contributed by atoms with Gasteiger partial charge in [-0.3, -0.25) is 0 Å². The molecule has 3 heteroatoms. The van der Waals surface area contributed by atoms with E-state index >= 15 is 0 Å². The van der Waals surface area contributed by atoms with Crippen molar-refractivity contribution in [2.45, 2.75) is 26.2 Å². The molecular formula is C17H21NO2. The zero-order valence-electron chi connectivity index (χ0n) is 12.2. The highest BCUT2D eigenvalue weighted by atomic mass is 16.5. The molecule has 2 rings (SSSR count). The minimum atomic E-state index is 0.570. The number of hydrogen-bond donors (Lipinski definition) is 1. The Hall–Kier alpha value is -2.16. The lowest BCUT2D eigenvalue weighted by Crippen LogP contribution is -1.94. The first-order chi connectivity index (χ1) is 9.63. The van der Waals surface area contributed by atoms with Crippen LogP contribution in [0.4, 0.5) is 5.69 Å². The molecule has 0 heterocycles. The van der Waals surface area contributed by atoms with Gasteiger partial charge in [0.2, 0.25) is 0 Å². The molecule has 0 aromatic heterocycles. The summed E-state index contributed by atoms with van der Waals surface area (Å²) in [6, 6.07) is 13.6. The summed E-state index contributed by atoms with van der Waals surface area (Å²) in [5, 5.41) is 0. The minimum Gasteiger partial charge on any atom is -0.494 e. The largest absolute Gasteiger partial charge is 0.494 e. The van der Waals surface area contributed by atoms with Crippen LogP contribution in [-0.2, 0) is 0 Å². The molecule has 3 nitrogen and oxygen atoms in total. The maximum atomic E-state index is 5.81. The smallest absolute Gasteiger partial charge is 0.145 e. The molecule has 0 amide bonds. The standard InChI is InChI=1S/C17H21NO2/c1-4-12(2)13-5-7-14(8-6-13)20-15-9-10-16(18)17(11-15)19-3/h5-12H,4,18H2,1-3H3. The summed E-state index contributed by atoms with van der Waals surface area (Å²) in [4.78, 5) is 0. The maximum Gasteiger partial charge on any atom is 0.145 e. The van der Waals surface area contributed by atoms with Crippen molar-refractivity contribution < 1.29 is 9.47 Å². The van der Waals surface area contributed by atoms with Gasteiger partial charge >= 0.3 is 0 Å². The number of methoxy groups -OCH3 is 1. The average molecular weight is 271 g/mol. The minimum absolute atomic E-state index is 0.570. The zero-order chi connectivity index (χ0) is 14.5. The van der Waals surface area contributed by atoms with Gasteiger partial charge in [0.25, 0.3) is 0 Å². The van der Waals surface area contributed by atoms with Crippen LogP contribution in [0.5, 0.6) is 17.2 Å². The van der Waals surface area contributed by atoms with Crippen LogP contribution in [0.15, 0.2) is 42.5 Å². The van der Waals surface area contributed by atoms with Gasteiger partial charge in [0.05, 0.1) is 12.8 Å². The number of anilines is 1. The predicted molar refractivity (Wildman–Crippen MR) is 82.6 cm³/mol. The van der Waals surface area contributed by atoms with Crippen molar-refractivity contribution in [3.63, 3.8) is 0 Å². The van der Waals surface area contributed by atoms with Crippen molar-refractivity contribution in [2.24, 2.45) is 0 Å². The Morgan fingerprint density at radius 3 is 2.30 bits per heavy atom. The SMILES string of the molecule is CCC(C)c1ccc(Oc2ccc(N)c(OC)c2)cc1. The topological polar surface area (TPSA) is 44.5 Å². The Morgan fingerprint density at radius 2 is 1.70 bits per heavy atom. The monoisotopic (exact) mass is 271 g/mol. The highest BCUT2D eigenvalue weighted by molar-refractivity contribution is 5.56. The van der Waals surface area contributed by atoms with E-state index < -0.39 is 0 Å². The van der Waals surface area contributed by atoms with Gasteiger partial charge in [-0.1, -0.05) is 26.0 Å². The molecule has 0 aliphatic heterocycles. The van der Waals surface area contributed by atoms with Gasteiger partial charge in [0.1, 0.15) is 17.2 Å². The third-order valence-electron chi connectivity index (χ3n) is 3.50. The van der Waals surface area contributed by atoms with E-state index in [1.807, 2.05) is 18.2 Å². The van der Waals surface area contributed by atoms with Gasteiger partial charge < -0.3 is 15.2 Å². The Morgan fingerprint density at radius 1 is 1.05 bits per heavy atom. The molecule has 0 saturated carbocycles. The van der Waals surface area contributed by atoms with Gasteiger partial charge in [0, 0.05) is 6.07 Å². The lowest BCUT2D eigenvalue weighted by molar-refractivity contribution is 0.411. The number of benzene rings is 2. The van der Waals surface area contributed by atoms with E-state index in [2.05, 4.69) is 26.0 Å². The molecule has 106 valence electrons. The highest BCUT2D eigenvalue weighted by Gasteiger charge is 2.05.